The summed E-state index contributed by atoms with van der Waals surface area (Å²) in [6, 6.07) is 7.61. The molecule has 0 atom stereocenters. The number of nitrogens with zero attached hydrogens (tertiary/aromatic N) is 2. The number of benzene rings is 1. The van der Waals surface area contributed by atoms with Gasteiger partial charge in [0, 0.05) is 31.0 Å². The fraction of sp³-hybridized carbons (Fsp3) is 0.444. The summed E-state index contributed by atoms with van der Waals surface area (Å²) in [5.41, 5.74) is 1.52. The van der Waals surface area contributed by atoms with Crippen LogP contribution in [-0.2, 0) is 11.3 Å². The molecular weight excluding hydrogens is 326 g/mol. The highest BCUT2D eigenvalue weighted by molar-refractivity contribution is 6.31. The Balaban J connectivity index is 1.74. The van der Waals surface area contributed by atoms with Crippen molar-refractivity contribution in [3.63, 3.8) is 0 Å². The van der Waals surface area contributed by atoms with Crippen LogP contribution in [-0.4, -0.2) is 35.4 Å². The Kier molecular flexibility index (Phi) is 7.79. The Morgan fingerprint density at radius 3 is 2.88 bits per heavy atom. The molecule has 5 nitrogen and oxygen atoms in total. The minimum atomic E-state index is -0.117. The molecule has 24 heavy (non-hydrogen) atoms. The van der Waals surface area contributed by atoms with Crippen LogP contribution in [0, 0.1) is 0 Å². The smallest absolute Gasteiger partial charge is 0.254 e. The normalized spacial score (nSPS) is 10.8. The number of carbonyl (C=O) groups is 1. The molecule has 0 radical (unpaired) electrons. The first-order valence-electron chi connectivity index (χ1n) is 8.32. The number of rotatable bonds is 10. The molecule has 0 unspecified atom stereocenters. The molecule has 1 heterocycles. The molecule has 0 fully saturated rings. The van der Waals surface area contributed by atoms with Crippen LogP contribution in [0.15, 0.2) is 36.7 Å². The lowest BCUT2D eigenvalue weighted by Crippen LogP contribution is -2.25. The second-order valence-corrected chi connectivity index (χ2v) is 6.00. The summed E-state index contributed by atoms with van der Waals surface area (Å²) >= 11 is 6.14. The topological polar surface area (TPSA) is 56.1 Å². The minimum Gasteiger partial charge on any atom is -0.381 e. The van der Waals surface area contributed by atoms with Crippen molar-refractivity contribution < 1.29 is 9.53 Å². The third kappa shape index (κ3) is 5.98. The van der Waals surface area contributed by atoms with Crippen LogP contribution in [0.4, 0.5) is 0 Å². The lowest BCUT2D eigenvalue weighted by atomic mass is 10.2. The summed E-state index contributed by atoms with van der Waals surface area (Å²) in [7, 11) is 0. The van der Waals surface area contributed by atoms with E-state index in [4.69, 9.17) is 16.3 Å². The molecule has 0 aliphatic carbocycles. The zero-order valence-electron chi connectivity index (χ0n) is 14.0. The van der Waals surface area contributed by atoms with Gasteiger partial charge in [0.25, 0.3) is 5.91 Å². The summed E-state index contributed by atoms with van der Waals surface area (Å²) in [6.07, 6.45) is 6.33. The third-order valence-corrected chi connectivity index (χ3v) is 3.95. The first-order valence-corrected chi connectivity index (χ1v) is 8.70. The molecule has 0 spiro atoms. The molecule has 1 N–H and O–H groups in total. The summed E-state index contributed by atoms with van der Waals surface area (Å²) in [5.74, 6) is -0.117. The Labute approximate surface area is 148 Å². The highest BCUT2D eigenvalue weighted by Gasteiger charge is 2.09. The highest BCUT2D eigenvalue weighted by Crippen LogP contribution is 2.16. The Hall–Kier alpha value is -1.85. The summed E-state index contributed by atoms with van der Waals surface area (Å²) < 4.78 is 7.18. The van der Waals surface area contributed by atoms with Crippen LogP contribution >= 0.6 is 11.6 Å². The number of hydrogen-bond donors (Lipinski definition) is 1. The van der Waals surface area contributed by atoms with Gasteiger partial charge in [0.2, 0.25) is 0 Å². The number of halogens is 1. The first-order chi connectivity index (χ1) is 11.7. The highest BCUT2D eigenvalue weighted by atomic mass is 35.5. The van der Waals surface area contributed by atoms with E-state index in [-0.39, 0.29) is 5.91 Å². The largest absolute Gasteiger partial charge is 0.381 e. The van der Waals surface area contributed by atoms with Crippen LogP contribution in [0.25, 0.3) is 0 Å². The van der Waals surface area contributed by atoms with Crippen LogP contribution < -0.4 is 5.32 Å². The van der Waals surface area contributed by atoms with E-state index in [1.54, 1.807) is 17.1 Å². The van der Waals surface area contributed by atoms with Crippen molar-refractivity contribution in [2.45, 2.75) is 32.7 Å². The molecule has 130 valence electrons. The summed E-state index contributed by atoms with van der Waals surface area (Å²) in [4.78, 5) is 12.1. The van der Waals surface area contributed by atoms with Crippen molar-refractivity contribution in [2.24, 2.45) is 0 Å². The van der Waals surface area contributed by atoms with Gasteiger partial charge in [0.05, 0.1) is 18.3 Å². The predicted molar refractivity (Wildman–Crippen MR) is 95.5 cm³/mol. The number of nitrogens with one attached hydrogen (secondary N) is 1. The van der Waals surface area contributed by atoms with E-state index >= 15 is 0 Å². The molecule has 2 rings (SSSR count). The van der Waals surface area contributed by atoms with Crippen LogP contribution in [0.3, 0.4) is 0 Å². The van der Waals surface area contributed by atoms with Gasteiger partial charge < -0.3 is 10.1 Å². The van der Waals surface area contributed by atoms with Gasteiger partial charge in [0.15, 0.2) is 0 Å². The number of amides is 1. The average Bonchev–Trinajstić information content (AvgIpc) is 3.05. The lowest BCUT2D eigenvalue weighted by molar-refractivity contribution is 0.0940. The molecule has 1 amide bonds. The van der Waals surface area contributed by atoms with Gasteiger partial charge in [-0.1, -0.05) is 43.1 Å². The van der Waals surface area contributed by atoms with E-state index in [0.717, 1.165) is 31.4 Å². The predicted octanol–water partition coefficient (Wildman–Crippen LogP) is 3.52. The van der Waals surface area contributed by atoms with E-state index in [9.17, 15) is 4.79 Å². The van der Waals surface area contributed by atoms with Crippen LogP contribution in [0.2, 0.25) is 5.02 Å². The van der Waals surface area contributed by atoms with Crippen molar-refractivity contribution in [1.29, 1.82) is 0 Å². The fourth-order valence-corrected chi connectivity index (χ4v) is 2.39. The van der Waals surface area contributed by atoms with Gasteiger partial charge >= 0.3 is 0 Å². The SMILES string of the molecule is CCCCOCCCNC(=O)c1cnn(Cc2ccccc2Cl)c1. The van der Waals surface area contributed by atoms with Gasteiger partial charge in [-0.25, -0.2) is 0 Å². The summed E-state index contributed by atoms with van der Waals surface area (Å²) in [5, 5.41) is 7.80. The molecule has 1 aromatic carbocycles. The fourth-order valence-electron chi connectivity index (χ4n) is 2.20. The standard InChI is InChI=1S/C18H24ClN3O2/c1-2-3-10-24-11-6-9-20-18(23)16-12-21-22(14-16)13-15-7-4-5-8-17(15)19/h4-5,7-8,12,14H,2-3,6,9-11,13H2,1H3,(H,20,23). The van der Waals surface area contributed by atoms with Gasteiger partial charge in [-0.2, -0.15) is 5.10 Å². The molecule has 6 heteroatoms. The second-order valence-electron chi connectivity index (χ2n) is 5.59. The van der Waals surface area contributed by atoms with Gasteiger partial charge in [-0.15, -0.1) is 0 Å². The summed E-state index contributed by atoms with van der Waals surface area (Å²) in [6.45, 7) is 4.74. The van der Waals surface area contributed by atoms with E-state index < -0.39 is 0 Å². The molecule has 0 bridgehead atoms. The van der Waals surface area contributed by atoms with Crippen LogP contribution in [0.5, 0.6) is 0 Å². The van der Waals surface area contributed by atoms with Gasteiger partial charge in [0.1, 0.15) is 0 Å². The average molecular weight is 350 g/mol. The number of unbranched alkanes of at least 4 members (excludes halogenated alkanes) is 1. The minimum absolute atomic E-state index is 0.117. The molecule has 0 aliphatic rings. The zero-order valence-corrected chi connectivity index (χ0v) is 14.8. The molecule has 0 saturated heterocycles. The maximum Gasteiger partial charge on any atom is 0.254 e. The van der Waals surface area contributed by atoms with Crippen LogP contribution in [0.1, 0.15) is 42.1 Å². The van der Waals surface area contributed by atoms with Crippen molar-refractivity contribution in [3.05, 3.63) is 52.8 Å². The maximum atomic E-state index is 12.1. The molecular formula is C18H24ClN3O2. The quantitative estimate of drug-likeness (QED) is 0.668. The third-order valence-electron chi connectivity index (χ3n) is 3.58. The maximum absolute atomic E-state index is 12.1. The molecule has 0 aliphatic heterocycles. The number of carbonyl (C=O) groups excluding carboxylic acids is 1. The second kappa shape index (κ2) is 10.1. The van der Waals surface area contributed by atoms with E-state index in [0.29, 0.717) is 30.3 Å². The number of hydrogen-bond acceptors (Lipinski definition) is 3. The monoisotopic (exact) mass is 349 g/mol. The Bertz CT molecular complexity index is 643. The Morgan fingerprint density at radius 2 is 2.08 bits per heavy atom. The van der Waals surface area contributed by atoms with E-state index in [1.165, 1.54) is 0 Å². The molecule has 0 saturated carbocycles. The zero-order chi connectivity index (χ0) is 17.2. The van der Waals surface area contributed by atoms with Crippen molar-refractivity contribution >= 4 is 17.5 Å². The van der Waals surface area contributed by atoms with Crippen molar-refractivity contribution in [2.75, 3.05) is 19.8 Å². The lowest BCUT2D eigenvalue weighted by Gasteiger charge is -2.05. The first kappa shape index (κ1) is 18.5. The molecule has 1 aromatic heterocycles. The van der Waals surface area contributed by atoms with Gasteiger partial charge in [-0.3, -0.25) is 9.48 Å². The van der Waals surface area contributed by atoms with Crippen molar-refractivity contribution in [1.82, 2.24) is 15.1 Å². The van der Waals surface area contributed by atoms with Gasteiger partial charge in [-0.05, 0) is 24.5 Å². The molecule has 2 aromatic rings. The number of aromatic nitrogens is 2. The van der Waals surface area contributed by atoms with Crippen molar-refractivity contribution in [3.8, 4) is 0 Å². The van der Waals surface area contributed by atoms with E-state index in [1.807, 2.05) is 24.3 Å². The Morgan fingerprint density at radius 1 is 1.29 bits per heavy atom. The van der Waals surface area contributed by atoms with E-state index in [2.05, 4.69) is 17.3 Å². The number of ether oxygens (including phenoxy) is 1.